The van der Waals surface area contributed by atoms with Gasteiger partial charge in [-0.05, 0) is 43.3 Å². The van der Waals surface area contributed by atoms with E-state index in [1.54, 1.807) is 7.11 Å². The van der Waals surface area contributed by atoms with Crippen LogP contribution in [0.1, 0.15) is 21.8 Å². The van der Waals surface area contributed by atoms with E-state index in [0.717, 1.165) is 59.0 Å². The highest BCUT2D eigenvalue weighted by atomic mass is 16.5. The second-order valence-electron chi connectivity index (χ2n) is 8.30. The number of aryl methyl sites for hydroxylation is 1. The zero-order valence-corrected chi connectivity index (χ0v) is 18.8. The molecule has 0 bridgehead atoms. The lowest BCUT2D eigenvalue weighted by Crippen LogP contribution is -2.48. The molecule has 33 heavy (non-hydrogen) atoms. The molecule has 0 unspecified atom stereocenters. The van der Waals surface area contributed by atoms with Crippen LogP contribution >= 0.6 is 0 Å². The largest absolute Gasteiger partial charge is 0.497 e. The Balaban J connectivity index is 1.38. The fraction of sp³-hybridized carbons (Fsp3) is 0.269. The Morgan fingerprint density at radius 3 is 2.48 bits per heavy atom. The molecule has 2 aromatic heterocycles. The monoisotopic (exact) mass is 442 g/mol. The van der Waals surface area contributed by atoms with Crippen LogP contribution in [0.25, 0.3) is 22.2 Å². The number of rotatable bonds is 5. The van der Waals surface area contributed by atoms with Crippen molar-refractivity contribution in [3.63, 3.8) is 0 Å². The van der Waals surface area contributed by atoms with E-state index in [0.29, 0.717) is 18.7 Å². The summed E-state index contributed by atoms with van der Waals surface area (Å²) in [7, 11) is 1.65. The molecule has 1 aliphatic rings. The van der Waals surface area contributed by atoms with E-state index in [4.69, 9.17) is 14.2 Å². The van der Waals surface area contributed by atoms with E-state index in [1.165, 1.54) is 0 Å². The molecule has 2 aromatic carbocycles. The Morgan fingerprint density at radius 2 is 1.79 bits per heavy atom. The van der Waals surface area contributed by atoms with Crippen molar-refractivity contribution in [1.29, 1.82) is 0 Å². The fourth-order valence-corrected chi connectivity index (χ4v) is 4.26. The van der Waals surface area contributed by atoms with Gasteiger partial charge in [-0.2, -0.15) is 0 Å². The Kier molecular flexibility index (Phi) is 5.79. The second-order valence-corrected chi connectivity index (χ2v) is 8.30. The number of amides is 1. The highest BCUT2D eigenvalue weighted by molar-refractivity contribution is 6.07. The van der Waals surface area contributed by atoms with Crippen LogP contribution in [-0.2, 0) is 6.54 Å². The number of carbonyl (C=O) groups is 1. The predicted molar refractivity (Wildman–Crippen MR) is 126 cm³/mol. The molecule has 7 nitrogen and oxygen atoms in total. The van der Waals surface area contributed by atoms with Crippen LogP contribution in [0.15, 0.2) is 65.2 Å². The molecule has 0 spiro atoms. The highest BCUT2D eigenvalue weighted by Crippen LogP contribution is 2.27. The maximum Gasteiger partial charge on any atom is 0.254 e. The van der Waals surface area contributed by atoms with Gasteiger partial charge in [-0.1, -0.05) is 23.4 Å². The standard InChI is InChI=1S/C26H26N4O3/c1-18-15-20(28-33-18)17-29-11-13-30(14-12-29)26(31)23-16-25(19-7-9-21(32-2)10-8-19)27-24-6-4-3-5-22(23)24/h3-10,15-16H,11-14,17H2,1-2H3. The molecule has 0 atom stereocenters. The Bertz CT molecular complexity index is 1270. The molecule has 5 rings (SSSR count). The van der Waals surface area contributed by atoms with Gasteiger partial charge in [0.1, 0.15) is 11.5 Å². The molecule has 168 valence electrons. The minimum atomic E-state index is 0.0419. The summed E-state index contributed by atoms with van der Waals surface area (Å²) in [4.78, 5) is 22.6. The lowest BCUT2D eigenvalue weighted by Gasteiger charge is -2.34. The summed E-state index contributed by atoms with van der Waals surface area (Å²) in [5.74, 6) is 1.64. The molecule has 1 saturated heterocycles. The average molecular weight is 443 g/mol. The summed E-state index contributed by atoms with van der Waals surface area (Å²) in [5.41, 5.74) is 4.15. The van der Waals surface area contributed by atoms with Gasteiger partial charge in [0, 0.05) is 49.7 Å². The van der Waals surface area contributed by atoms with Crippen LogP contribution in [0.2, 0.25) is 0 Å². The Hall–Kier alpha value is -3.71. The molecule has 1 fully saturated rings. The van der Waals surface area contributed by atoms with E-state index in [2.05, 4.69) is 10.1 Å². The van der Waals surface area contributed by atoms with Crippen molar-refractivity contribution in [2.24, 2.45) is 0 Å². The van der Waals surface area contributed by atoms with E-state index in [1.807, 2.05) is 72.5 Å². The topological polar surface area (TPSA) is 71.7 Å². The number of aromatic nitrogens is 2. The number of piperazine rings is 1. The van der Waals surface area contributed by atoms with E-state index >= 15 is 0 Å². The number of benzene rings is 2. The first-order chi connectivity index (χ1) is 16.1. The highest BCUT2D eigenvalue weighted by Gasteiger charge is 2.25. The number of pyridine rings is 1. The third-order valence-corrected chi connectivity index (χ3v) is 6.05. The molecular weight excluding hydrogens is 416 g/mol. The van der Waals surface area contributed by atoms with Crippen LogP contribution in [0.5, 0.6) is 5.75 Å². The summed E-state index contributed by atoms with van der Waals surface area (Å²) in [5, 5.41) is 4.96. The zero-order valence-electron chi connectivity index (χ0n) is 18.8. The van der Waals surface area contributed by atoms with Crippen LogP contribution in [0.3, 0.4) is 0 Å². The van der Waals surface area contributed by atoms with E-state index < -0.39 is 0 Å². The number of nitrogens with zero attached hydrogens (tertiary/aromatic N) is 4. The lowest BCUT2D eigenvalue weighted by atomic mass is 10.0. The van der Waals surface area contributed by atoms with Crippen LogP contribution in [0.4, 0.5) is 0 Å². The van der Waals surface area contributed by atoms with Crippen molar-refractivity contribution in [3.05, 3.63) is 77.7 Å². The molecule has 1 aliphatic heterocycles. The molecule has 0 N–H and O–H groups in total. The Labute approximate surface area is 192 Å². The van der Waals surface area contributed by atoms with E-state index in [9.17, 15) is 4.79 Å². The molecule has 0 saturated carbocycles. The van der Waals surface area contributed by atoms with Crippen molar-refractivity contribution in [2.75, 3.05) is 33.3 Å². The van der Waals surface area contributed by atoms with Crippen molar-refractivity contribution in [2.45, 2.75) is 13.5 Å². The first-order valence-electron chi connectivity index (χ1n) is 11.1. The van der Waals surface area contributed by atoms with Gasteiger partial charge in [-0.3, -0.25) is 9.69 Å². The lowest BCUT2D eigenvalue weighted by molar-refractivity contribution is 0.0627. The maximum absolute atomic E-state index is 13.6. The second kappa shape index (κ2) is 9.03. The van der Waals surface area contributed by atoms with Crippen molar-refractivity contribution >= 4 is 16.8 Å². The maximum atomic E-state index is 13.6. The summed E-state index contributed by atoms with van der Waals surface area (Å²) >= 11 is 0. The molecule has 3 heterocycles. The van der Waals surface area contributed by atoms with Gasteiger partial charge in [-0.25, -0.2) is 4.98 Å². The number of hydrogen-bond donors (Lipinski definition) is 0. The average Bonchev–Trinajstić information content (AvgIpc) is 3.27. The normalized spacial score (nSPS) is 14.5. The first kappa shape index (κ1) is 21.2. The molecule has 7 heteroatoms. The number of para-hydroxylation sites is 1. The number of hydrogen-bond acceptors (Lipinski definition) is 6. The number of methoxy groups -OCH3 is 1. The predicted octanol–water partition coefficient (Wildman–Crippen LogP) is 4.16. The quantitative estimate of drug-likeness (QED) is 0.462. The van der Waals surface area contributed by atoms with Gasteiger partial charge >= 0.3 is 0 Å². The summed E-state index contributed by atoms with van der Waals surface area (Å²) in [6, 6.07) is 19.4. The zero-order chi connectivity index (χ0) is 22.8. The fourth-order valence-electron chi connectivity index (χ4n) is 4.26. The van der Waals surface area contributed by atoms with Crippen LogP contribution < -0.4 is 4.74 Å². The third-order valence-electron chi connectivity index (χ3n) is 6.05. The van der Waals surface area contributed by atoms with Crippen LogP contribution in [0, 0.1) is 6.92 Å². The summed E-state index contributed by atoms with van der Waals surface area (Å²) < 4.78 is 10.4. The molecule has 0 radical (unpaired) electrons. The minimum absolute atomic E-state index is 0.0419. The third kappa shape index (κ3) is 4.45. The van der Waals surface area contributed by atoms with E-state index in [-0.39, 0.29) is 5.91 Å². The smallest absolute Gasteiger partial charge is 0.254 e. The van der Waals surface area contributed by atoms with Gasteiger partial charge in [0.05, 0.1) is 29.6 Å². The minimum Gasteiger partial charge on any atom is -0.497 e. The van der Waals surface area contributed by atoms with Gasteiger partial charge in [0.2, 0.25) is 0 Å². The summed E-state index contributed by atoms with van der Waals surface area (Å²) in [6.07, 6.45) is 0. The van der Waals surface area contributed by atoms with Gasteiger partial charge < -0.3 is 14.2 Å². The molecular formula is C26H26N4O3. The number of ether oxygens (including phenoxy) is 1. The first-order valence-corrected chi connectivity index (χ1v) is 11.1. The Morgan fingerprint density at radius 1 is 1.03 bits per heavy atom. The van der Waals surface area contributed by atoms with Gasteiger partial charge in [0.15, 0.2) is 0 Å². The van der Waals surface area contributed by atoms with Crippen molar-refractivity contribution in [1.82, 2.24) is 19.9 Å². The molecule has 4 aromatic rings. The molecule has 1 amide bonds. The van der Waals surface area contributed by atoms with Crippen molar-refractivity contribution < 1.29 is 14.1 Å². The van der Waals surface area contributed by atoms with Crippen LogP contribution in [-0.4, -0.2) is 59.1 Å². The summed E-state index contributed by atoms with van der Waals surface area (Å²) in [6.45, 7) is 5.57. The number of fused-ring (bicyclic) bond motifs is 1. The van der Waals surface area contributed by atoms with Crippen molar-refractivity contribution in [3.8, 4) is 17.0 Å². The molecule has 0 aliphatic carbocycles. The van der Waals surface area contributed by atoms with Gasteiger partial charge in [-0.15, -0.1) is 0 Å². The number of carbonyl (C=O) groups excluding carboxylic acids is 1. The van der Waals surface area contributed by atoms with Gasteiger partial charge in [0.25, 0.3) is 5.91 Å². The SMILES string of the molecule is COc1ccc(-c2cc(C(=O)N3CCN(Cc4cc(C)on4)CC3)c3ccccc3n2)cc1.